The molecule has 14 heteroatoms. The Kier molecular flexibility index (Phi) is 64.0. The van der Waals surface area contributed by atoms with Gasteiger partial charge in [-0.15, -0.1) is 0 Å². The lowest BCUT2D eigenvalue weighted by Crippen LogP contribution is -2.65. The first-order valence-corrected chi connectivity index (χ1v) is 41.7. The molecule has 9 N–H and O–H groups in total. The topological polar surface area (TPSA) is 228 Å². The summed E-state index contributed by atoms with van der Waals surface area (Å²) >= 11 is 0. The number of aliphatic hydroxyl groups is 8. The normalized spacial score (nSPS) is 22.3. The number of nitrogens with one attached hydrogen (secondary N) is 1. The lowest BCUT2D eigenvalue weighted by atomic mass is 9.97. The van der Waals surface area contributed by atoms with Gasteiger partial charge in [-0.2, -0.15) is 0 Å². The molecule has 2 heterocycles. The first-order chi connectivity index (χ1) is 48.6. The van der Waals surface area contributed by atoms with Gasteiger partial charge in [0, 0.05) is 6.42 Å². The monoisotopic (exact) mass is 1400 g/mol. The maximum absolute atomic E-state index is 13.4. The third-order valence-electron chi connectivity index (χ3n) is 20.1. The zero-order valence-corrected chi connectivity index (χ0v) is 63.5. The number of aliphatic hydroxyl groups excluding tert-OH is 8. The van der Waals surface area contributed by atoms with Crippen molar-refractivity contribution in [3.63, 3.8) is 0 Å². The molecular formula is C85H155NO13. The highest BCUT2D eigenvalue weighted by atomic mass is 16.7. The number of carbonyl (C=O) groups excluding carboxylic acids is 1. The van der Waals surface area contributed by atoms with E-state index >= 15 is 0 Å². The van der Waals surface area contributed by atoms with E-state index in [-0.39, 0.29) is 18.9 Å². The van der Waals surface area contributed by atoms with Crippen molar-refractivity contribution in [1.29, 1.82) is 0 Å². The third-order valence-corrected chi connectivity index (χ3v) is 20.1. The second-order valence-electron chi connectivity index (χ2n) is 29.2. The van der Waals surface area contributed by atoms with E-state index in [1.165, 1.54) is 270 Å². The number of hydrogen-bond acceptors (Lipinski definition) is 13. The van der Waals surface area contributed by atoms with Crippen LogP contribution in [0.15, 0.2) is 72.9 Å². The standard InChI is InChI=1S/C85H155NO13/c1-3-5-7-9-11-13-15-17-19-21-23-25-27-29-30-31-32-33-34-35-36-37-38-39-40-41-42-43-44-45-47-49-51-53-55-57-59-61-63-65-67-69-77(90)86-73(72-96-84-82(95)80(93)83(76(71-88)98-84)99-85-81(94)79(92)78(91)75(70-87)97-85)74(89)68-66-64-62-60-58-56-54-52-50-48-46-28-26-24-22-20-18-16-14-12-10-8-6-4-2/h5,7,11,13,17,19,23,25,29-30,66,68,73-76,78-85,87-89,91-95H,3-4,6,8-10,12,14-16,18,20-22,24,26-28,31-65,67,69-72H2,1-2H3,(H,86,90)/b7-5-,13-11-,19-17-,25-23-,30-29-,68-66+. The first kappa shape index (κ1) is 92.5. The summed E-state index contributed by atoms with van der Waals surface area (Å²) in [6.45, 7) is 2.74. The highest BCUT2D eigenvalue weighted by Gasteiger charge is 2.51. The van der Waals surface area contributed by atoms with Gasteiger partial charge in [-0.1, -0.05) is 369 Å². The van der Waals surface area contributed by atoms with Crippen molar-refractivity contribution < 1.29 is 64.6 Å². The van der Waals surface area contributed by atoms with Gasteiger partial charge in [0.2, 0.25) is 5.91 Å². The number of allylic oxidation sites excluding steroid dienone is 11. The van der Waals surface area contributed by atoms with Crippen molar-refractivity contribution in [2.45, 2.75) is 441 Å². The van der Waals surface area contributed by atoms with E-state index in [1.807, 2.05) is 6.08 Å². The maximum Gasteiger partial charge on any atom is 0.220 e. The number of unbranched alkanes of at least 4 members (excludes halogenated alkanes) is 47. The van der Waals surface area contributed by atoms with E-state index in [2.05, 4.69) is 79.9 Å². The van der Waals surface area contributed by atoms with E-state index in [1.54, 1.807) is 6.08 Å². The molecule has 99 heavy (non-hydrogen) atoms. The largest absolute Gasteiger partial charge is 0.394 e. The van der Waals surface area contributed by atoms with Crippen LogP contribution in [-0.2, 0) is 23.7 Å². The van der Waals surface area contributed by atoms with E-state index < -0.39 is 86.8 Å². The van der Waals surface area contributed by atoms with Crippen molar-refractivity contribution >= 4 is 5.91 Å². The Morgan fingerprint density at radius 3 is 1.07 bits per heavy atom. The van der Waals surface area contributed by atoms with E-state index in [0.29, 0.717) is 6.42 Å². The van der Waals surface area contributed by atoms with Crippen LogP contribution < -0.4 is 5.32 Å². The summed E-state index contributed by atoms with van der Waals surface area (Å²) in [4.78, 5) is 13.4. The highest BCUT2D eigenvalue weighted by Crippen LogP contribution is 2.30. The Labute approximate surface area is 606 Å². The molecule has 578 valence electrons. The molecule has 2 aliphatic heterocycles. The summed E-state index contributed by atoms with van der Waals surface area (Å²) in [5, 5.41) is 87.7. The minimum absolute atomic E-state index is 0.232. The molecule has 0 bridgehead atoms. The fraction of sp³-hybridized carbons (Fsp3) is 0.847. The van der Waals surface area contributed by atoms with Crippen molar-refractivity contribution in [3.8, 4) is 0 Å². The molecule has 0 saturated carbocycles. The molecule has 2 rings (SSSR count). The fourth-order valence-electron chi connectivity index (χ4n) is 13.6. The van der Waals surface area contributed by atoms with Gasteiger partial charge >= 0.3 is 0 Å². The van der Waals surface area contributed by atoms with E-state index in [4.69, 9.17) is 18.9 Å². The van der Waals surface area contributed by atoms with Gasteiger partial charge in [-0.05, 0) is 64.2 Å². The minimum atomic E-state index is -1.79. The zero-order valence-electron chi connectivity index (χ0n) is 63.5. The number of rotatable bonds is 70. The van der Waals surface area contributed by atoms with Crippen LogP contribution in [0.2, 0.25) is 0 Å². The second kappa shape index (κ2) is 68.5. The Morgan fingerprint density at radius 1 is 0.374 bits per heavy atom. The quantitative estimate of drug-likeness (QED) is 0.0204. The molecule has 0 radical (unpaired) electrons. The van der Waals surface area contributed by atoms with Crippen molar-refractivity contribution in [2.75, 3.05) is 19.8 Å². The second-order valence-corrected chi connectivity index (χ2v) is 29.2. The molecule has 0 spiro atoms. The third kappa shape index (κ3) is 51.3. The summed E-state index contributed by atoms with van der Waals surface area (Å²) < 4.78 is 22.9. The first-order valence-electron chi connectivity index (χ1n) is 41.7. The van der Waals surface area contributed by atoms with Gasteiger partial charge in [0.1, 0.15) is 48.8 Å². The van der Waals surface area contributed by atoms with Crippen LogP contribution in [0.3, 0.4) is 0 Å². The maximum atomic E-state index is 13.4. The van der Waals surface area contributed by atoms with Crippen LogP contribution in [0.5, 0.6) is 0 Å². The van der Waals surface area contributed by atoms with Crippen LogP contribution in [0.4, 0.5) is 0 Å². The number of ether oxygens (including phenoxy) is 4. The predicted molar refractivity (Wildman–Crippen MR) is 410 cm³/mol. The van der Waals surface area contributed by atoms with Crippen LogP contribution in [0.25, 0.3) is 0 Å². The SMILES string of the molecule is CC/C=C\C/C=C\C/C=C\C/C=C\C/C=C\CCCCCCCCCCCCCCCCCCCCCCCCCCCC(=O)NC(COC1OC(CO)C(OC2OC(CO)C(O)C(O)C2O)C(O)C1O)C(O)/C=C/CCCCCCCCCCCCCCCCCCCCCCCC. The smallest absolute Gasteiger partial charge is 0.220 e. The van der Waals surface area contributed by atoms with Crippen molar-refractivity contribution in [2.24, 2.45) is 0 Å². The van der Waals surface area contributed by atoms with E-state index in [0.717, 1.165) is 70.6 Å². The summed E-state index contributed by atoms with van der Waals surface area (Å²) in [6.07, 6.45) is 78.5. The van der Waals surface area contributed by atoms with Crippen LogP contribution in [0, 0.1) is 0 Å². The van der Waals surface area contributed by atoms with E-state index in [9.17, 15) is 45.6 Å². The molecule has 12 unspecified atom stereocenters. The van der Waals surface area contributed by atoms with Gasteiger partial charge in [0.25, 0.3) is 0 Å². The number of amides is 1. The minimum Gasteiger partial charge on any atom is -0.394 e. The lowest BCUT2D eigenvalue weighted by Gasteiger charge is -2.46. The van der Waals surface area contributed by atoms with Crippen LogP contribution >= 0.6 is 0 Å². The average molecular weight is 1400 g/mol. The van der Waals surface area contributed by atoms with Crippen molar-refractivity contribution in [3.05, 3.63) is 72.9 Å². The zero-order chi connectivity index (χ0) is 71.5. The molecule has 1 amide bonds. The molecule has 0 aromatic heterocycles. The molecule has 0 aromatic carbocycles. The Balaban J connectivity index is 1.56. The Hall–Kier alpha value is -2.57. The summed E-state index contributed by atoms with van der Waals surface area (Å²) in [7, 11) is 0. The average Bonchev–Trinajstić information content (AvgIpc) is 0.799. The van der Waals surface area contributed by atoms with Gasteiger partial charge in [-0.3, -0.25) is 4.79 Å². The van der Waals surface area contributed by atoms with Gasteiger partial charge in [0.05, 0.1) is 32.0 Å². The molecule has 14 nitrogen and oxygen atoms in total. The Morgan fingerprint density at radius 2 is 0.697 bits per heavy atom. The van der Waals surface area contributed by atoms with Crippen LogP contribution in [-0.4, -0.2) is 140 Å². The lowest BCUT2D eigenvalue weighted by molar-refractivity contribution is -0.359. The summed E-state index contributed by atoms with van der Waals surface area (Å²) in [5.41, 5.74) is 0. The molecule has 2 aliphatic rings. The molecule has 2 fully saturated rings. The van der Waals surface area contributed by atoms with Crippen LogP contribution in [0.1, 0.15) is 367 Å². The summed E-state index contributed by atoms with van der Waals surface area (Å²) in [6, 6.07) is -0.916. The number of hydrogen-bond donors (Lipinski definition) is 9. The fourth-order valence-corrected chi connectivity index (χ4v) is 13.6. The molecule has 2 saturated heterocycles. The highest BCUT2D eigenvalue weighted by molar-refractivity contribution is 5.76. The Bertz CT molecular complexity index is 1940. The number of carbonyl (C=O) groups is 1. The molecule has 0 aliphatic carbocycles. The van der Waals surface area contributed by atoms with Gasteiger partial charge < -0.3 is 65.1 Å². The molecule has 12 atom stereocenters. The molecule has 0 aromatic rings. The van der Waals surface area contributed by atoms with Gasteiger partial charge in [0.15, 0.2) is 12.6 Å². The molecular weight excluding hydrogens is 1240 g/mol. The predicted octanol–water partition coefficient (Wildman–Crippen LogP) is 19.3. The van der Waals surface area contributed by atoms with Crippen molar-refractivity contribution in [1.82, 2.24) is 5.32 Å². The van der Waals surface area contributed by atoms with Gasteiger partial charge in [-0.25, -0.2) is 0 Å². The summed E-state index contributed by atoms with van der Waals surface area (Å²) in [5.74, 6) is -0.232.